The summed E-state index contributed by atoms with van der Waals surface area (Å²) in [6.45, 7) is 0. The van der Waals surface area contributed by atoms with Crippen molar-refractivity contribution in [2.75, 3.05) is 0 Å². The first-order valence-electron chi connectivity index (χ1n) is 24.3. The van der Waals surface area contributed by atoms with Crippen molar-refractivity contribution in [1.29, 1.82) is 0 Å². The van der Waals surface area contributed by atoms with Gasteiger partial charge < -0.3 is 0 Å². The molecule has 0 spiro atoms. The van der Waals surface area contributed by atoms with Crippen LogP contribution in [0.25, 0.3) is 105 Å². The van der Waals surface area contributed by atoms with Crippen molar-refractivity contribution >= 4 is 103 Å². The van der Waals surface area contributed by atoms with E-state index in [0.29, 0.717) is 3.92 Å². The molecular formula is C66H45IN2. The fraction of sp³-hybridized carbons (Fsp3) is 0.0606. The first-order chi connectivity index (χ1) is 34.2. The molecule has 0 radical (unpaired) electrons. The summed E-state index contributed by atoms with van der Waals surface area (Å²) in [5.74, 6) is 0. The molecule has 3 heteroatoms. The molecule has 2 nitrogen and oxygen atoms in total. The average Bonchev–Trinajstić information content (AvgIpc) is 4.06. The molecule has 69 heavy (non-hydrogen) atoms. The average molecular weight is 993 g/mol. The number of rotatable bonds is 6. The minimum atomic E-state index is -2.02. The van der Waals surface area contributed by atoms with Crippen LogP contribution in [0.15, 0.2) is 218 Å². The van der Waals surface area contributed by atoms with Crippen LogP contribution < -0.4 is 10.4 Å². The normalized spacial score (nSPS) is 14.9. The summed E-state index contributed by atoms with van der Waals surface area (Å²) < 4.78 is 8.42. The maximum atomic E-state index is 2.58. The molecule has 0 aliphatic heterocycles. The predicted molar refractivity (Wildman–Crippen MR) is 301 cm³/mol. The Hall–Kier alpha value is -7.73. The first-order valence-corrected chi connectivity index (χ1v) is 27.7. The van der Waals surface area contributed by atoms with Crippen LogP contribution in [0.1, 0.15) is 29.5 Å². The standard InChI is InChI=1S/C66H45IN2/c1-3-15-53-42(11-1)13-9-18-55(53)44-25-31-50(32-26-44)67(51-33-27-45(28-34-51)56-19-10-14-43-12-2-4-16-54(43)56)52-35-38-58-49(40-52)24-23-48-39-46(29-36-57(48)58)47-30-37-60-64(41-47)69-63-22-8-7-21-62(63)68-61-20-6-5-17-59(61)65(60)66(68)69/h1-9,11-18,20-39,41,52H,10,19,40H2. The Morgan fingerprint density at radius 1 is 0.449 bits per heavy atom. The van der Waals surface area contributed by atoms with E-state index in [1.165, 1.54) is 128 Å². The van der Waals surface area contributed by atoms with Crippen LogP contribution in [0.5, 0.6) is 0 Å². The quantitative estimate of drug-likeness (QED) is 0.116. The van der Waals surface area contributed by atoms with Crippen LogP contribution in [0, 0.1) is 7.14 Å². The molecule has 0 amide bonds. The van der Waals surface area contributed by atoms with Crippen molar-refractivity contribution < 1.29 is 0 Å². The zero-order chi connectivity index (χ0) is 45.2. The molecule has 3 heterocycles. The number of benzene rings is 10. The number of para-hydroxylation sites is 3. The van der Waals surface area contributed by atoms with Gasteiger partial charge in [0.05, 0.1) is 16.6 Å². The van der Waals surface area contributed by atoms with Gasteiger partial charge in [-0.25, -0.2) is 0 Å². The van der Waals surface area contributed by atoms with Gasteiger partial charge in [0.1, 0.15) is 5.65 Å². The van der Waals surface area contributed by atoms with Crippen LogP contribution >= 0.6 is 19.8 Å². The van der Waals surface area contributed by atoms with Crippen LogP contribution in [-0.4, -0.2) is 12.7 Å². The van der Waals surface area contributed by atoms with Gasteiger partial charge in [0, 0.05) is 10.8 Å². The van der Waals surface area contributed by atoms with E-state index < -0.39 is 19.8 Å². The Bertz CT molecular complexity index is 4380. The SMILES string of the molecule is C1=CC(I(c2ccc(C3=c4ccccc4=CCC3)cc2)c2ccc(-c3cccc4ccccc34)cc2)Cc2ccc3cc(-c4ccc5c6c7ccccc7n7c8ccccc8n(c5c4)c67)ccc3c21. The monoisotopic (exact) mass is 992 g/mol. The summed E-state index contributed by atoms with van der Waals surface area (Å²) in [4.78, 5) is 0. The van der Waals surface area contributed by atoms with Gasteiger partial charge in [-0.05, 0) is 18.2 Å². The van der Waals surface area contributed by atoms with Gasteiger partial charge in [-0.3, -0.25) is 4.40 Å². The summed E-state index contributed by atoms with van der Waals surface area (Å²) in [6, 6.07) is 80.6. The number of imidazole rings is 1. The molecule has 0 N–H and O–H groups in total. The molecule has 326 valence electrons. The first kappa shape index (κ1) is 39.3. The molecule has 0 saturated heterocycles. The Morgan fingerprint density at radius 2 is 1.09 bits per heavy atom. The van der Waals surface area contributed by atoms with E-state index in [1.54, 1.807) is 0 Å². The Balaban J connectivity index is 0.800. The van der Waals surface area contributed by atoms with E-state index in [4.69, 9.17) is 0 Å². The Kier molecular flexibility index (Phi) is 8.77. The van der Waals surface area contributed by atoms with Crippen LogP contribution in [0.4, 0.5) is 0 Å². The van der Waals surface area contributed by atoms with E-state index in [9.17, 15) is 0 Å². The maximum absolute atomic E-state index is 2.58. The van der Waals surface area contributed by atoms with Crippen LogP contribution in [0.2, 0.25) is 0 Å². The molecular weight excluding hydrogens is 948 g/mol. The number of alkyl halides is 1. The predicted octanol–water partition coefficient (Wildman–Crippen LogP) is 15.7. The van der Waals surface area contributed by atoms with Gasteiger partial charge in [-0.15, -0.1) is 0 Å². The Labute approximate surface area is 407 Å². The zero-order valence-electron chi connectivity index (χ0n) is 37.9. The number of fused-ring (bicyclic) bond motifs is 14. The summed E-state index contributed by atoms with van der Waals surface area (Å²) >= 11 is -2.02. The number of hydrogen-bond donors (Lipinski definition) is 0. The van der Waals surface area contributed by atoms with Crippen molar-refractivity contribution in [3.8, 4) is 22.3 Å². The fourth-order valence-electron chi connectivity index (χ4n) is 12.1. The van der Waals surface area contributed by atoms with Gasteiger partial charge in [0.15, 0.2) is 0 Å². The molecule has 0 bridgehead atoms. The van der Waals surface area contributed by atoms with E-state index in [0.717, 1.165) is 19.3 Å². The van der Waals surface area contributed by atoms with Crippen molar-refractivity contribution in [2.24, 2.45) is 0 Å². The summed E-state index contributed by atoms with van der Waals surface area (Å²) in [7, 11) is 0. The second-order valence-electron chi connectivity index (χ2n) is 18.9. The topological polar surface area (TPSA) is 8.82 Å². The van der Waals surface area contributed by atoms with E-state index in [-0.39, 0.29) is 0 Å². The van der Waals surface area contributed by atoms with Gasteiger partial charge in [-0.1, -0.05) is 30.3 Å². The van der Waals surface area contributed by atoms with Gasteiger partial charge in [0.25, 0.3) is 0 Å². The van der Waals surface area contributed by atoms with Gasteiger partial charge in [0.2, 0.25) is 0 Å². The molecule has 0 fully saturated rings. The third-order valence-electron chi connectivity index (χ3n) is 15.2. The second-order valence-corrected chi connectivity index (χ2v) is 24.8. The number of allylic oxidation sites excluding steroid dienone is 1. The van der Waals surface area contributed by atoms with Crippen molar-refractivity contribution in [2.45, 2.75) is 23.2 Å². The molecule has 1 unspecified atom stereocenters. The van der Waals surface area contributed by atoms with Crippen molar-refractivity contribution in [3.63, 3.8) is 0 Å². The third-order valence-corrected chi connectivity index (χ3v) is 21.8. The van der Waals surface area contributed by atoms with Crippen LogP contribution in [-0.2, 0) is 6.42 Å². The molecule has 15 rings (SSSR count). The minimum absolute atomic E-state index is 0.450. The fourth-order valence-corrected chi connectivity index (χ4v) is 18.4. The molecule has 0 saturated carbocycles. The summed E-state index contributed by atoms with van der Waals surface area (Å²) in [5.41, 5.74) is 17.0. The summed E-state index contributed by atoms with van der Waals surface area (Å²) in [6.07, 6.45) is 10.7. The molecule has 2 aliphatic carbocycles. The zero-order valence-corrected chi connectivity index (χ0v) is 40.1. The Morgan fingerprint density at radius 3 is 1.91 bits per heavy atom. The number of aromatic nitrogens is 2. The number of nitrogens with zero attached hydrogens (tertiary/aromatic N) is 2. The van der Waals surface area contributed by atoms with E-state index in [2.05, 4.69) is 239 Å². The third kappa shape index (κ3) is 6.03. The van der Waals surface area contributed by atoms with Crippen molar-refractivity contribution in [3.05, 3.63) is 253 Å². The molecule has 3 aromatic heterocycles. The molecule has 2 aliphatic rings. The van der Waals surface area contributed by atoms with Crippen LogP contribution in [0.3, 0.4) is 0 Å². The molecule has 10 aromatic carbocycles. The van der Waals surface area contributed by atoms with Gasteiger partial charge >= 0.3 is 324 Å². The van der Waals surface area contributed by atoms with E-state index in [1.807, 2.05) is 0 Å². The number of hydrogen-bond acceptors (Lipinski definition) is 0. The van der Waals surface area contributed by atoms with Gasteiger partial charge in [-0.2, -0.15) is 0 Å². The molecule has 13 aromatic rings. The molecule has 1 atom stereocenters. The summed E-state index contributed by atoms with van der Waals surface area (Å²) in [5, 5.41) is 11.9. The van der Waals surface area contributed by atoms with E-state index >= 15 is 0 Å². The van der Waals surface area contributed by atoms with Crippen molar-refractivity contribution in [1.82, 2.24) is 8.80 Å². The number of halogens is 1. The second kappa shape index (κ2) is 15.4.